The zero-order valence-electron chi connectivity index (χ0n) is 34.2. The van der Waals surface area contributed by atoms with Crippen LogP contribution < -0.4 is 51.7 Å². The number of halogens is 6. The van der Waals surface area contributed by atoms with Crippen LogP contribution in [0, 0.1) is 0 Å². The van der Waals surface area contributed by atoms with Gasteiger partial charge < -0.3 is 51.7 Å². The van der Waals surface area contributed by atoms with E-state index in [0.29, 0.717) is 40.1 Å². The summed E-state index contributed by atoms with van der Waals surface area (Å²) in [6, 6.07) is 24.5. The third kappa shape index (κ3) is 14.5. The van der Waals surface area contributed by atoms with Crippen molar-refractivity contribution in [3.05, 3.63) is 144 Å². The Hall–Kier alpha value is -8.23. The summed E-state index contributed by atoms with van der Waals surface area (Å²) >= 11 is 0. The largest absolute Gasteiger partial charge is 0.495 e. The highest BCUT2D eigenvalue weighted by Crippen LogP contribution is 2.36. The number of alkyl halides is 6. The Balaban J connectivity index is 0.000000241. The molecule has 2 aromatic heterocycles. The van der Waals surface area contributed by atoms with Crippen molar-refractivity contribution in [2.24, 2.45) is 0 Å². The lowest BCUT2D eigenvalue weighted by Gasteiger charge is -2.14. The molecule has 0 spiro atoms. The first-order chi connectivity index (χ1) is 30.3. The molecule has 4 aromatic carbocycles. The van der Waals surface area contributed by atoms with Crippen LogP contribution in [0.15, 0.2) is 122 Å². The number of nitrogens with two attached hydrogens (primary N) is 2. The third-order valence-corrected chi connectivity index (χ3v) is 8.18. The van der Waals surface area contributed by atoms with Gasteiger partial charge in [-0.25, -0.2) is 4.79 Å². The number of nitrogens with zero attached hydrogens (tertiary/aromatic N) is 2. The maximum Gasteiger partial charge on any atom is 0.416 e. The molecular formula is C43H40F6N8O7. The number of rotatable bonds is 10. The topological polar surface area (TPSA) is 214 Å². The molecule has 0 saturated carbocycles. The Morgan fingerprint density at radius 2 is 1.00 bits per heavy atom. The van der Waals surface area contributed by atoms with E-state index < -0.39 is 29.5 Å². The fourth-order valence-corrected chi connectivity index (χ4v) is 5.05. The van der Waals surface area contributed by atoms with E-state index in [9.17, 15) is 40.7 Å². The van der Waals surface area contributed by atoms with Gasteiger partial charge in [0.25, 0.3) is 11.8 Å². The van der Waals surface area contributed by atoms with Gasteiger partial charge in [-0.1, -0.05) is 0 Å². The molecule has 0 aliphatic rings. The molecule has 2 heterocycles. The fourth-order valence-electron chi connectivity index (χ4n) is 5.05. The molecule has 6 aromatic rings. The molecule has 0 fully saturated rings. The number of hydrogen-bond acceptors (Lipinski definition) is 11. The number of nitrogens with one attached hydrogen (secondary N) is 4. The van der Waals surface area contributed by atoms with Gasteiger partial charge in [-0.05, 0) is 97.1 Å². The lowest BCUT2D eigenvalue weighted by Crippen LogP contribution is -2.20. The molecule has 64 heavy (non-hydrogen) atoms. The molecule has 0 radical (unpaired) electrons. The molecular weight excluding hydrogens is 855 g/mol. The molecule has 0 unspecified atom stereocenters. The van der Waals surface area contributed by atoms with Crippen molar-refractivity contribution in [2.75, 3.05) is 50.4 Å². The molecule has 0 saturated heterocycles. The summed E-state index contributed by atoms with van der Waals surface area (Å²) in [5.74, 6) is 1.73. The molecule has 15 nitrogen and oxygen atoms in total. The normalized spacial score (nSPS) is 10.7. The average molecular weight is 895 g/mol. The van der Waals surface area contributed by atoms with Gasteiger partial charge >= 0.3 is 18.4 Å². The zero-order valence-corrected chi connectivity index (χ0v) is 34.2. The van der Waals surface area contributed by atoms with Gasteiger partial charge in [0.1, 0.15) is 45.9 Å². The third-order valence-electron chi connectivity index (χ3n) is 8.18. The summed E-state index contributed by atoms with van der Waals surface area (Å²) in [6.07, 6.45) is -5.97. The van der Waals surface area contributed by atoms with Crippen molar-refractivity contribution >= 4 is 40.6 Å². The van der Waals surface area contributed by atoms with Crippen molar-refractivity contribution in [2.45, 2.75) is 12.4 Å². The first-order valence-electron chi connectivity index (χ1n) is 18.3. The van der Waals surface area contributed by atoms with Crippen LogP contribution in [0.5, 0.6) is 34.5 Å². The van der Waals surface area contributed by atoms with Crippen molar-refractivity contribution in [1.29, 1.82) is 0 Å². The molecule has 0 aliphatic heterocycles. The molecule has 0 aliphatic carbocycles. The number of urea groups is 1. The quantitative estimate of drug-likeness (QED) is 0.0564. The van der Waals surface area contributed by atoms with Gasteiger partial charge in [0.05, 0.1) is 36.7 Å². The number of methoxy groups -OCH3 is 2. The minimum atomic E-state index is -4.56. The Morgan fingerprint density at radius 1 is 0.547 bits per heavy atom. The molecule has 6 rings (SSSR count). The molecule has 4 amide bonds. The first kappa shape index (κ1) is 48.4. The number of ether oxygens (including phenoxy) is 4. The van der Waals surface area contributed by atoms with Gasteiger partial charge in [0, 0.05) is 50.0 Å². The highest BCUT2D eigenvalue weighted by atomic mass is 19.4. The van der Waals surface area contributed by atoms with Crippen molar-refractivity contribution in [1.82, 2.24) is 20.6 Å². The highest BCUT2D eigenvalue weighted by molar-refractivity contribution is 6.00. The summed E-state index contributed by atoms with van der Waals surface area (Å²) in [6.45, 7) is 0. The Labute approximate surface area is 361 Å². The zero-order chi connectivity index (χ0) is 47.0. The van der Waals surface area contributed by atoms with Crippen LogP contribution in [0.25, 0.3) is 0 Å². The van der Waals surface area contributed by atoms with Gasteiger partial charge in [0.2, 0.25) is 0 Å². The van der Waals surface area contributed by atoms with E-state index in [1.54, 1.807) is 73.8 Å². The number of pyridine rings is 2. The number of hydrogen-bond donors (Lipinski definition) is 6. The van der Waals surface area contributed by atoms with Gasteiger partial charge in [-0.3, -0.25) is 19.6 Å². The van der Waals surface area contributed by atoms with Crippen LogP contribution in [0.3, 0.4) is 0 Å². The number of benzene rings is 4. The van der Waals surface area contributed by atoms with E-state index in [0.717, 1.165) is 30.3 Å². The van der Waals surface area contributed by atoms with Gasteiger partial charge in [-0.15, -0.1) is 0 Å². The maximum absolute atomic E-state index is 13.0. The van der Waals surface area contributed by atoms with E-state index in [1.807, 2.05) is 0 Å². The lowest BCUT2D eigenvalue weighted by molar-refractivity contribution is -0.138. The average Bonchev–Trinajstić information content (AvgIpc) is 3.27. The number of carbonyl (C=O) groups excluding carboxylic acids is 3. The van der Waals surface area contributed by atoms with Crippen LogP contribution in [-0.2, 0) is 12.4 Å². The van der Waals surface area contributed by atoms with Crippen LogP contribution in [0.2, 0.25) is 0 Å². The minimum Gasteiger partial charge on any atom is -0.495 e. The van der Waals surface area contributed by atoms with Crippen LogP contribution in [0.4, 0.5) is 53.9 Å². The molecule has 0 atom stereocenters. The van der Waals surface area contributed by atoms with Crippen LogP contribution >= 0.6 is 0 Å². The summed E-state index contributed by atoms with van der Waals surface area (Å²) in [5, 5.41) is 9.84. The lowest BCUT2D eigenvalue weighted by atomic mass is 10.2. The highest BCUT2D eigenvalue weighted by Gasteiger charge is 2.32. The number of amides is 4. The van der Waals surface area contributed by atoms with Gasteiger partial charge in [-0.2, -0.15) is 26.3 Å². The molecule has 21 heteroatoms. The van der Waals surface area contributed by atoms with Crippen LogP contribution in [0.1, 0.15) is 32.1 Å². The Kier molecular flexibility index (Phi) is 16.7. The van der Waals surface area contributed by atoms with E-state index >= 15 is 0 Å². The van der Waals surface area contributed by atoms with E-state index in [-0.39, 0.29) is 40.4 Å². The van der Waals surface area contributed by atoms with Gasteiger partial charge in [0.15, 0.2) is 0 Å². The molecule has 8 N–H and O–H groups in total. The van der Waals surface area contributed by atoms with E-state index in [2.05, 4.69) is 31.2 Å². The predicted molar refractivity (Wildman–Crippen MR) is 226 cm³/mol. The summed E-state index contributed by atoms with van der Waals surface area (Å²) in [4.78, 5) is 43.3. The smallest absolute Gasteiger partial charge is 0.416 e. The van der Waals surface area contributed by atoms with E-state index in [1.165, 1.54) is 45.8 Å². The van der Waals surface area contributed by atoms with Crippen molar-refractivity contribution < 1.29 is 59.7 Å². The second kappa shape index (κ2) is 22.0. The number of carbonyl (C=O) groups is 3. The number of nitrogen functional groups attached to an aromatic ring is 2. The SMILES string of the molecule is CNC(=O)c1cc(Oc2ccc(N)cc2)ccn1.CNC(=O)c1cc(Oc2ccc(NC(=O)Nc3cc(C(F)(F)F)ccc3OC)cc2)ccn1.COc1ccc(C(F)(F)F)cc1N. The summed E-state index contributed by atoms with van der Waals surface area (Å²) in [7, 11) is 5.67. The standard InChI is InChI=1S/C22H19F3N4O4.C13H13N3O2.C8H8F3NO/c1-26-20(30)18-12-16(9-10-27-18)33-15-6-4-14(5-7-15)28-21(31)29-17-11-13(22(23,24)25)3-8-19(17)32-2;1-15-13(17)12-8-11(6-7-16-12)18-10-4-2-9(14)3-5-10;1-13-7-3-2-5(4-6(7)12)8(9,10)11/h3-12H,1-2H3,(H,26,30)(H2,28,29,31);2-8H,14H2,1H3,(H,15,17);2-4H,12H2,1H3. The van der Waals surface area contributed by atoms with E-state index in [4.69, 9.17) is 30.4 Å². The van der Waals surface area contributed by atoms with Crippen molar-refractivity contribution in [3.63, 3.8) is 0 Å². The monoisotopic (exact) mass is 894 g/mol. The maximum atomic E-state index is 13.0. The van der Waals surface area contributed by atoms with Crippen molar-refractivity contribution in [3.8, 4) is 34.5 Å². The summed E-state index contributed by atoms with van der Waals surface area (Å²) in [5.41, 5.74) is 10.6. The first-order valence-corrected chi connectivity index (χ1v) is 18.3. The Morgan fingerprint density at radius 3 is 1.44 bits per heavy atom. The van der Waals surface area contributed by atoms with Crippen LogP contribution in [-0.4, -0.2) is 56.1 Å². The predicted octanol–water partition coefficient (Wildman–Crippen LogP) is 9.02. The summed E-state index contributed by atoms with van der Waals surface area (Å²) < 4.78 is 96.2. The second-order valence-electron chi connectivity index (χ2n) is 12.7. The number of anilines is 4. The Bertz CT molecular complexity index is 2520. The second-order valence-corrected chi connectivity index (χ2v) is 12.7. The molecule has 336 valence electrons. The number of aromatic nitrogens is 2. The molecule has 0 bridgehead atoms. The fraction of sp³-hybridized carbons (Fsp3) is 0.140. The minimum absolute atomic E-state index is 0.0164.